The molecule has 0 bridgehead atoms. The Morgan fingerprint density at radius 3 is 1.62 bits per heavy atom. The van der Waals surface area contributed by atoms with Crippen LogP contribution in [0.5, 0.6) is 0 Å². The molecule has 0 unspecified atom stereocenters. The highest BCUT2D eigenvalue weighted by molar-refractivity contribution is 6.26. The third kappa shape index (κ3) is 4.37. The monoisotopic (exact) mass is 712 g/mol. The van der Waals surface area contributed by atoms with E-state index < -0.39 is 0 Å². The van der Waals surface area contributed by atoms with Gasteiger partial charge in [-0.1, -0.05) is 166 Å². The van der Waals surface area contributed by atoms with Gasteiger partial charge in [-0.3, -0.25) is 0 Å². The molecule has 56 heavy (non-hydrogen) atoms. The summed E-state index contributed by atoms with van der Waals surface area (Å²) in [6.45, 7) is 4.78. The maximum Gasteiger partial charge on any atom is 0.143 e. The molecule has 1 nitrogen and oxygen atoms in total. The molecule has 1 aromatic heterocycles. The Labute approximate surface area is 325 Å². The second-order valence-electron chi connectivity index (χ2n) is 16.0. The molecule has 1 heteroatoms. The first kappa shape index (κ1) is 31.4. The van der Waals surface area contributed by atoms with Crippen molar-refractivity contribution in [2.24, 2.45) is 0 Å². The van der Waals surface area contributed by atoms with Crippen molar-refractivity contribution in [3.63, 3.8) is 0 Å². The third-order valence-corrected chi connectivity index (χ3v) is 12.6. The van der Waals surface area contributed by atoms with E-state index in [1.807, 2.05) is 0 Å². The van der Waals surface area contributed by atoms with Gasteiger partial charge in [0.1, 0.15) is 11.2 Å². The van der Waals surface area contributed by atoms with Gasteiger partial charge in [0, 0.05) is 27.3 Å². The lowest BCUT2D eigenvalue weighted by atomic mass is 9.76. The largest absolute Gasteiger partial charge is 0.455 e. The van der Waals surface area contributed by atoms with E-state index >= 15 is 0 Å². The van der Waals surface area contributed by atoms with Crippen LogP contribution in [0.2, 0.25) is 0 Å². The average molecular weight is 713 g/mol. The Morgan fingerprint density at radius 1 is 0.357 bits per heavy atom. The van der Waals surface area contributed by atoms with Crippen molar-refractivity contribution in [1.82, 2.24) is 0 Å². The molecule has 262 valence electrons. The van der Waals surface area contributed by atoms with Gasteiger partial charge >= 0.3 is 0 Å². The number of rotatable bonds is 3. The molecule has 1 heterocycles. The smallest absolute Gasteiger partial charge is 0.143 e. The highest BCUT2D eigenvalue weighted by atomic mass is 16.3. The summed E-state index contributed by atoms with van der Waals surface area (Å²) < 4.78 is 7.17. The second-order valence-corrected chi connectivity index (χ2v) is 16.0. The Bertz CT molecular complexity index is 3380. The van der Waals surface area contributed by atoms with Crippen molar-refractivity contribution >= 4 is 65.0 Å². The standard InChI is InChI=1S/C55H36O/c1-55(2)48-23-13-12-18-40(48)46-32-47-45-30-34-16-6-7-17-35(34)31-49(45)56-54(47)52(53(46)55)51-43-21-10-8-19-41(43)50(42-20-9-11-22-44(42)51)39-27-26-37-28-36(24-25-38(37)29-39)33-14-4-3-5-15-33/h3-32H,1-2H3. The van der Waals surface area contributed by atoms with E-state index in [4.69, 9.17) is 4.42 Å². The van der Waals surface area contributed by atoms with Gasteiger partial charge in [-0.05, 0) is 118 Å². The van der Waals surface area contributed by atoms with Crippen LogP contribution in [0.4, 0.5) is 0 Å². The zero-order valence-electron chi connectivity index (χ0n) is 31.2. The molecule has 0 amide bonds. The van der Waals surface area contributed by atoms with Crippen LogP contribution in [-0.2, 0) is 5.41 Å². The van der Waals surface area contributed by atoms with Gasteiger partial charge in [0.15, 0.2) is 0 Å². The summed E-state index contributed by atoms with van der Waals surface area (Å²) in [4.78, 5) is 0. The molecule has 1 aliphatic rings. The topological polar surface area (TPSA) is 13.1 Å². The summed E-state index contributed by atoms with van der Waals surface area (Å²) in [5.41, 5.74) is 14.3. The number of fused-ring (bicyclic) bond motifs is 10. The molecule has 1 aliphatic carbocycles. The van der Waals surface area contributed by atoms with Crippen LogP contribution in [0.1, 0.15) is 25.0 Å². The molecule has 0 radical (unpaired) electrons. The van der Waals surface area contributed by atoms with E-state index in [9.17, 15) is 0 Å². The first-order valence-electron chi connectivity index (χ1n) is 19.6. The van der Waals surface area contributed by atoms with E-state index in [0.717, 1.165) is 21.9 Å². The molecule has 0 aliphatic heterocycles. The summed E-state index contributed by atoms with van der Waals surface area (Å²) in [5, 5.41) is 12.1. The summed E-state index contributed by atoms with van der Waals surface area (Å²) >= 11 is 0. The van der Waals surface area contributed by atoms with Crippen LogP contribution in [0.15, 0.2) is 186 Å². The van der Waals surface area contributed by atoms with Crippen molar-refractivity contribution in [2.75, 3.05) is 0 Å². The maximum atomic E-state index is 7.17. The molecule has 0 N–H and O–H groups in total. The summed E-state index contributed by atoms with van der Waals surface area (Å²) in [5.74, 6) is 0. The number of furan rings is 1. The molecule has 0 fully saturated rings. The predicted molar refractivity (Wildman–Crippen MR) is 238 cm³/mol. The lowest BCUT2D eigenvalue weighted by molar-refractivity contribution is 0.650. The van der Waals surface area contributed by atoms with Gasteiger partial charge in [-0.25, -0.2) is 0 Å². The molecule has 11 aromatic rings. The van der Waals surface area contributed by atoms with Crippen LogP contribution in [0.3, 0.4) is 0 Å². The fourth-order valence-corrected chi connectivity index (χ4v) is 10.0. The fourth-order valence-electron chi connectivity index (χ4n) is 10.0. The summed E-state index contributed by atoms with van der Waals surface area (Å²) in [7, 11) is 0. The van der Waals surface area contributed by atoms with E-state index in [2.05, 4.69) is 196 Å². The first-order chi connectivity index (χ1) is 27.5. The quantitative estimate of drug-likeness (QED) is 0.166. The molecule has 12 rings (SSSR count). The normalized spacial score (nSPS) is 13.3. The van der Waals surface area contributed by atoms with E-state index in [0.29, 0.717) is 0 Å². The Hall–Kier alpha value is -6.96. The molecule has 0 spiro atoms. The van der Waals surface area contributed by atoms with E-state index in [-0.39, 0.29) is 5.41 Å². The van der Waals surface area contributed by atoms with Gasteiger partial charge in [0.05, 0.1) is 0 Å². The number of benzene rings is 10. The van der Waals surface area contributed by atoms with Crippen molar-refractivity contribution in [3.05, 3.63) is 193 Å². The average Bonchev–Trinajstić information content (AvgIpc) is 3.71. The highest BCUT2D eigenvalue weighted by Crippen LogP contribution is 2.58. The SMILES string of the molecule is CC1(C)c2ccccc2-c2cc3c(oc4cc5ccccc5cc43)c(-c3c4ccccc4c(-c4ccc5cc(-c6ccccc6)ccc5c4)c4ccccc34)c21. The second kappa shape index (κ2) is 11.5. The Morgan fingerprint density at radius 2 is 0.911 bits per heavy atom. The minimum absolute atomic E-state index is 0.253. The van der Waals surface area contributed by atoms with Crippen LogP contribution in [0, 0.1) is 0 Å². The van der Waals surface area contributed by atoms with Crippen LogP contribution < -0.4 is 0 Å². The molecule has 10 aromatic carbocycles. The van der Waals surface area contributed by atoms with Gasteiger partial charge < -0.3 is 4.42 Å². The molecule has 0 atom stereocenters. The number of hydrogen-bond donors (Lipinski definition) is 0. The van der Waals surface area contributed by atoms with Gasteiger partial charge in [0.25, 0.3) is 0 Å². The summed E-state index contributed by atoms with van der Waals surface area (Å²) in [6.07, 6.45) is 0. The van der Waals surface area contributed by atoms with E-state index in [1.165, 1.54) is 98.7 Å². The van der Waals surface area contributed by atoms with Crippen molar-refractivity contribution in [2.45, 2.75) is 19.3 Å². The molecule has 0 saturated carbocycles. The predicted octanol–water partition coefficient (Wildman–Crippen LogP) is 15.5. The van der Waals surface area contributed by atoms with Crippen LogP contribution in [0.25, 0.3) is 110 Å². The zero-order chi connectivity index (χ0) is 37.1. The highest BCUT2D eigenvalue weighted by Gasteiger charge is 2.40. The van der Waals surface area contributed by atoms with Crippen LogP contribution in [-0.4, -0.2) is 0 Å². The minimum Gasteiger partial charge on any atom is -0.455 e. The van der Waals surface area contributed by atoms with Gasteiger partial charge in [-0.15, -0.1) is 0 Å². The Kier molecular flexibility index (Phi) is 6.46. The Balaban J connectivity index is 1.19. The van der Waals surface area contributed by atoms with Crippen molar-refractivity contribution in [3.8, 4) is 44.5 Å². The number of hydrogen-bond acceptors (Lipinski definition) is 1. The minimum atomic E-state index is -0.253. The molecular weight excluding hydrogens is 677 g/mol. The molecular formula is C55H36O. The van der Waals surface area contributed by atoms with Crippen molar-refractivity contribution < 1.29 is 4.42 Å². The maximum absolute atomic E-state index is 7.17. The van der Waals surface area contributed by atoms with Crippen molar-refractivity contribution in [1.29, 1.82) is 0 Å². The van der Waals surface area contributed by atoms with Gasteiger partial charge in [-0.2, -0.15) is 0 Å². The van der Waals surface area contributed by atoms with E-state index in [1.54, 1.807) is 0 Å². The van der Waals surface area contributed by atoms with Crippen LogP contribution >= 0.6 is 0 Å². The van der Waals surface area contributed by atoms with Gasteiger partial charge in [0.2, 0.25) is 0 Å². The first-order valence-corrected chi connectivity index (χ1v) is 19.6. The lowest BCUT2D eigenvalue weighted by Gasteiger charge is -2.26. The molecule has 0 saturated heterocycles. The zero-order valence-corrected chi connectivity index (χ0v) is 31.2. The lowest BCUT2D eigenvalue weighted by Crippen LogP contribution is -2.16. The third-order valence-electron chi connectivity index (χ3n) is 12.6. The fraction of sp³-hybridized carbons (Fsp3) is 0.0545. The summed E-state index contributed by atoms with van der Waals surface area (Å²) in [6, 6.07) is 67.0.